The number of methoxy groups -OCH3 is 1. The summed E-state index contributed by atoms with van der Waals surface area (Å²) in [7, 11) is 5.61. The monoisotopic (exact) mass is 519 g/mol. The fourth-order valence-corrected chi connectivity index (χ4v) is 3.91. The Bertz CT molecular complexity index is 1410. The van der Waals surface area contributed by atoms with Crippen molar-refractivity contribution in [2.45, 2.75) is 27.3 Å². The van der Waals surface area contributed by atoms with E-state index >= 15 is 0 Å². The zero-order chi connectivity index (χ0) is 27.2. The summed E-state index contributed by atoms with van der Waals surface area (Å²) < 4.78 is 18.7. The fraction of sp³-hybridized carbons (Fsp3) is 0.333. The minimum absolute atomic E-state index is 0.290. The number of aryl methyl sites for hydroxylation is 3. The first kappa shape index (κ1) is 26.7. The van der Waals surface area contributed by atoms with Crippen LogP contribution in [0.5, 0.6) is 11.5 Å². The third kappa shape index (κ3) is 6.68. The lowest BCUT2D eigenvalue weighted by Gasteiger charge is -2.16. The van der Waals surface area contributed by atoms with E-state index in [0.29, 0.717) is 36.3 Å². The first-order valence-electron chi connectivity index (χ1n) is 12.2. The quantitative estimate of drug-likeness (QED) is 0.300. The Kier molecular flexibility index (Phi) is 8.27. The second-order valence-electron chi connectivity index (χ2n) is 9.12. The number of hydrogen-bond donors (Lipinski definition) is 2. The number of ether oxygens (including phenoxy) is 2. The normalized spacial score (nSPS) is 11.0. The van der Waals surface area contributed by atoms with Gasteiger partial charge in [0.2, 0.25) is 0 Å². The second kappa shape index (κ2) is 11.8. The highest BCUT2D eigenvalue weighted by Crippen LogP contribution is 2.25. The summed E-state index contributed by atoms with van der Waals surface area (Å²) >= 11 is 0. The maximum Gasteiger partial charge on any atom is 0.320 e. The molecule has 0 bridgehead atoms. The Balaban J connectivity index is 1.43. The van der Waals surface area contributed by atoms with E-state index in [4.69, 9.17) is 13.9 Å². The number of carbonyl (C=O) groups is 1. The molecular formula is C27H33N7O4. The largest absolute Gasteiger partial charge is 0.497 e. The van der Waals surface area contributed by atoms with Crippen LogP contribution >= 0.6 is 0 Å². The van der Waals surface area contributed by atoms with Crippen LogP contribution in [0, 0.1) is 20.8 Å². The van der Waals surface area contributed by atoms with E-state index in [-0.39, 0.29) is 6.61 Å². The standard InChI is InChI=1S/C27H33N7O4/c1-17-13-18(2)34(32-17)25-15-24(29-26(31-25)23-9-7-19(3)38-23)30-27(35)28-11-12-37-22-10-8-21(36-6)14-20(22)16-33(4)5/h7-10,13-15H,11-12,16H2,1-6H3,(H2,28,29,30,31,35). The zero-order valence-corrected chi connectivity index (χ0v) is 22.5. The third-order valence-electron chi connectivity index (χ3n) is 5.54. The Morgan fingerprint density at radius 2 is 1.89 bits per heavy atom. The summed E-state index contributed by atoms with van der Waals surface area (Å²) in [5, 5.41) is 10.1. The first-order chi connectivity index (χ1) is 18.2. The van der Waals surface area contributed by atoms with Crippen molar-refractivity contribution >= 4 is 11.8 Å². The van der Waals surface area contributed by atoms with Crippen LogP contribution in [0.15, 0.2) is 46.9 Å². The highest BCUT2D eigenvalue weighted by molar-refractivity contribution is 5.88. The van der Waals surface area contributed by atoms with Crippen molar-refractivity contribution in [2.24, 2.45) is 0 Å². The number of amides is 2. The molecule has 1 aromatic carbocycles. The molecule has 38 heavy (non-hydrogen) atoms. The van der Waals surface area contributed by atoms with Gasteiger partial charge < -0.3 is 24.1 Å². The van der Waals surface area contributed by atoms with Gasteiger partial charge in [-0.1, -0.05) is 0 Å². The Morgan fingerprint density at radius 3 is 2.55 bits per heavy atom. The van der Waals surface area contributed by atoms with Crippen LogP contribution in [0.2, 0.25) is 0 Å². The second-order valence-corrected chi connectivity index (χ2v) is 9.12. The van der Waals surface area contributed by atoms with Crippen LogP contribution in [0.25, 0.3) is 17.4 Å². The van der Waals surface area contributed by atoms with Gasteiger partial charge >= 0.3 is 6.03 Å². The molecule has 0 radical (unpaired) electrons. The summed E-state index contributed by atoms with van der Waals surface area (Å²) in [6.07, 6.45) is 0. The number of rotatable bonds is 10. The molecule has 0 aliphatic rings. The summed E-state index contributed by atoms with van der Waals surface area (Å²) in [6.45, 7) is 6.97. The number of hydrogen-bond acceptors (Lipinski definition) is 8. The fourth-order valence-electron chi connectivity index (χ4n) is 3.91. The van der Waals surface area contributed by atoms with Gasteiger partial charge in [0, 0.05) is 23.9 Å². The molecule has 0 saturated heterocycles. The Morgan fingerprint density at radius 1 is 1.08 bits per heavy atom. The molecule has 11 nitrogen and oxygen atoms in total. The number of furan rings is 1. The molecule has 2 N–H and O–H groups in total. The molecule has 0 fully saturated rings. The molecule has 0 atom stereocenters. The summed E-state index contributed by atoms with van der Waals surface area (Å²) in [6, 6.07) is 12.5. The van der Waals surface area contributed by atoms with E-state index in [2.05, 4.69) is 25.7 Å². The van der Waals surface area contributed by atoms with Gasteiger partial charge in [0.25, 0.3) is 0 Å². The van der Waals surface area contributed by atoms with E-state index in [9.17, 15) is 4.79 Å². The van der Waals surface area contributed by atoms with Gasteiger partial charge in [-0.3, -0.25) is 5.32 Å². The smallest absolute Gasteiger partial charge is 0.320 e. The number of urea groups is 1. The van der Waals surface area contributed by atoms with Crippen molar-refractivity contribution in [1.82, 2.24) is 30.0 Å². The van der Waals surface area contributed by atoms with Crippen molar-refractivity contribution in [3.63, 3.8) is 0 Å². The minimum atomic E-state index is -0.420. The highest BCUT2D eigenvalue weighted by Gasteiger charge is 2.15. The molecule has 3 aromatic heterocycles. The number of aromatic nitrogens is 4. The highest BCUT2D eigenvalue weighted by atomic mass is 16.5. The van der Waals surface area contributed by atoms with Gasteiger partial charge in [-0.15, -0.1) is 0 Å². The van der Waals surface area contributed by atoms with Crippen LogP contribution in [-0.4, -0.2) is 65.0 Å². The Labute approximate surface area is 221 Å². The van der Waals surface area contributed by atoms with E-state index in [1.165, 1.54) is 0 Å². The first-order valence-corrected chi connectivity index (χ1v) is 12.2. The topological polar surface area (TPSA) is 120 Å². The predicted octanol–water partition coefficient (Wildman–Crippen LogP) is 4.12. The van der Waals surface area contributed by atoms with E-state index in [1.54, 1.807) is 23.9 Å². The minimum Gasteiger partial charge on any atom is -0.497 e. The van der Waals surface area contributed by atoms with Crippen LogP contribution < -0.4 is 20.1 Å². The van der Waals surface area contributed by atoms with Crippen LogP contribution in [-0.2, 0) is 6.54 Å². The number of nitrogens with one attached hydrogen (secondary N) is 2. The lowest BCUT2D eigenvalue weighted by molar-refractivity contribution is 0.247. The van der Waals surface area contributed by atoms with Crippen molar-refractivity contribution in [3.05, 3.63) is 65.2 Å². The van der Waals surface area contributed by atoms with E-state index in [0.717, 1.165) is 34.2 Å². The van der Waals surface area contributed by atoms with Crippen molar-refractivity contribution in [2.75, 3.05) is 39.7 Å². The maximum atomic E-state index is 12.7. The SMILES string of the molecule is COc1ccc(OCCNC(=O)Nc2cc(-n3nc(C)cc3C)nc(-c3ccc(C)o3)n2)c(CN(C)C)c1. The van der Waals surface area contributed by atoms with Gasteiger partial charge in [-0.2, -0.15) is 5.10 Å². The molecule has 200 valence electrons. The molecule has 0 aliphatic carbocycles. The molecule has 2 amide bonds. The summed E-state index contributed by atoms with van der Waals surface area (Å²) in [5.41, 5.74) is 2.76. The number of nitrogens with zero attached hydrogens (tertiary/aromatic N) is 5. The van der Waals surface area contributed by atoms with Gasteiger partial charge in [0.05, 0.1) is 19.3 Å². The van der Waals surface area contributed by atoms with Gasteiger partial charge in [-0.25, -0.2) is 19.4 Å². The van der Waals surface area contributed by atoms with E-state index < -0.39 is 6.03 Å². The maximum absolute atomic E-state index is 12.7. The molecule has 3 heterocycles. The van der Waals surface area contributed by atoms with E-state index in [1.807, 2.05) is 70.1 Å². The molecule has 0 saturated carbocycles. The molecule has 0 unspecified atom stereocenters. The predicted molar refractivity (Wildman–Crippen MR) is 144 cm³/mol. The lowest BCUT2D eigenvalue weighted by atomic mass is 10.2. The molecule has 4 aromatic rings. The average Bonchev–Trinajstić information content (AvgIpc) is 3.46. The van der Waals surface area contributed by atoms with Gasteiger partial charge in [0.1, 0.15) is 29.7 Å². The number of anilines is 1. The molecule has 0 spiro atoms. The zero-order valence-electron chi connectivity index (χ0n) is 22.5. The molecule has 11 heteroatoms. The van der Waals surface area contributed by atoms with Gasteiger partial charge in [-0.05, 0) is 71.3 Å². The number of carbonyl (C=O) groups excluding carboxylic acids is 1. The number of benzene rings is 1. The van der Waals surface area contributed by atoms with Crippen molar-refractivity contribution in [3.8, 4) is 28.9 Å². The molecular weight excluding hydrogens is 486 g/mol. The van der Waals surface area contributed by atoms with Crippen molar-refractivity contribution in [1.29, 1.82) is 0 Å². The van der Waals surface area contributed by atoms with Crippen molar-refractivity contribution < 1.29 is 18.7 Å². The average molecular weight is 520 g/mol. The lowest BCUT2D eigenvalue weighted by Crippen LogP contribution is -2.32. The van der Waals surface area contributed by atoms with Crippen LogP contribution in [0.1, 0.15) is 22.7 Å². The third-order valence-corrected chi connectivity index (χ3v) is 5.54. The van der Waals surface area contributed by atoms with Crippen LogP contribution in [0.4, 0.5) is 10.6 Å². The molecule has 0 aliphatic heterocycles. The summed E-state index contributed by atoms with van der Waals surface area (Å²) in [5.74, 6) is 3.91. The Hall–Kier alpha value is -4.38. The summed E-state index contributed by atoms with van der Waals surface area (Å²) in [4.78, 5) is 23.8. The molecule has 4 rings (SSSR count). The van der Waals surface area contributed by atoms with Gasteiger partial charge in [0.15, 0.2) is 17.4 Å². The van der Waals surface area contributed by atoms with Crippen LogP contribution in [0.3, 0.4) is 0 Å².